The van der Waals surface area contributed by atoms with Gasteiger partial charge in [-0.1, -0.05) is 23.2 Å². The number of nitrogens with two attached hydrogens (primary N) is 1. The molecule has 0 saturated heterocycles. The zero-order valence-electron chi connectivity index (χ0n) is 15.6. The van der Waals surface area contributed by atoms with Gasteiger partial charge in [0.05, 0.1) is 15.6 Å². The number of carbonyl (C=O) groups is 1. The Morgan fingerprint density at radius 2 is 1.66 bits per heavy atom. The van der Waals surface area contributed by atoms with Gasteiger partial charge >= 0.3 is 12.1 Å². The van der Waals surface area contributed by atoms with Gasteiger partial charge in [-0.3, -0.25) is 0 Å². The number of anilines is 2. The second-order valence-electron chi connectivity index (χ2n) is 5.89. The standard InChI is InChI=1S/C16H12Cl2N4O2S.C2HF3O2/c17-10-1-6-14(18)13(9-10)15-7-8-20-16(22-15)21-11-2-4-12(5-3-11)25(19,23)24;3-2(4,5)1(6)7/h1-9H,(H2,19,23,24)(H,20,21,22);(H,6,7). The van der Waals surface area contributed by atoms with E-state index in [2.05, 4.69) is 15.3 Å². The Labute approximate surface area is 189 Å². The van der Waals surface area contributed by atoms with Crippen LogP contribution in [0.2, 0.25) is 10.0 Å². The molecule has 8 nitrogen and oxygen atoms in total. The Morgan fingerprint density at radius 3 is 2.19 bits per heavy atom. The van der Waals surface area contributed by atoms with E-state index in [0.29, 0.717) is 32.9 Å². The Bertz CT molecular complexity index is 1220. The Morgan fingerprint density at radius 1 is 1.06 bits per heavy atom. The topological polar surface area (TPSA) is 135 Å². The Hall–Kier alpha value is -2.93. The number of halogens is 5. The number of hydrogen-bond acceptors (Lipinski definition) is 6. The first-order chi connectivity index (χ1) is 14.8. The average Bonchev–Trinajstić information content (AvgIpc) is 2.69. The molecule has 0 aliphatic heterocycles. The highest BCUT2D eigenvalue weighted by Crippen LogP contribution is 2.30. The van der Waals surface area contributed by atoms with E-state index in [9.17, 15) is 21.6 Å². The second-order valence-corrected chi connectivity index (χ2v) is 8.29. The van der Waals surface area contributed by atoms with Crippen LogP contribution >= 0.6 is 23.2 Å². The van der Waals surface area contributed by atoms with Gasteiger partial charge in [0.25, 0.3) is 0 Å². The summed E-state index contributed by atoms with van der Waals surface area (Å²) in [5, 5.41) is 16.3. The van der Waals surface area contributed by atoms with Crippen molar-refractivity contribution >= 4 is 50.8 Å². The van der Waals surface area contributed by atoms with E-state index < -0.39 is 22.2 Å². The molecule has 0 amide bonds. The number of benzene rings is 2. The molecule has 32 heavy (non-hydrogen) atoms. The van der Waals surface area contributed by atoms with E-state index in [0.717, 1.165) is 0 Å². The molecule has 0 unspecified atom stereocenters. The van der Waals surface area contributed by atoms with Crippen molar-refractivity contribution in [3.8, 4) is 11.3 Å². The van der Waals surface area contributed by atoms with E-state index in [-0.39, 0.29) is 4.90 Å². The number of nitrogens with zero attached hydrogens (tertiary/aromatic N) is 2. The normalized spacial score (nSPS) is 11.3. The first kappa shape index (κ1) is 25.3. The first-order valence-electron chi connectivity index (χ1n) is 8.26. The molecule has 0 radical (unpaired) electrons. The minimum absolute atomic E-state index is 0.0263. The van der Waals surface area contributed by atoms with Crippen LogP contribution in [-0.4, -0.2) is 35.6 Å². The van der Waals surface area contributed by atoms with Crippen molar-refractivity contribution in [2.45, 2.75) is 11.1 Å². The van der Waals surface area contributed by atoms with Crippen LogP contribution in [0.1, 0.15) is 0 Å². The van der Waals surface area contributed by atoms with Crippen LogP contribution < -0.4 is 10.5 Å². The molecule has 2 aromatic carbocycles. The third kappa shape index (κ3) is 7.34. The number of nitrogens with one attached hydrogen (secondary N) is 1. The third-order valence-electron chi connectivity index (χ3n) is 3.54. The fraction of sp³-hybridized carbons (Fsp3) is 0.0556. The van der Waals surface area contributed by atoms with Gasteiger partial charge in [0, 0.05) is 22.5 Å². The zero-order chi connectivity index (χ0) is 24.1. The average molecular weight is 509 g/mol. The van der Waals surface area contributed by atoms with Crippen LogP contribution in [0.15, 0.2) is 59.6 Å². The van der Waals surface area contributed by atoms with Crippen molar-refractivity contribution in [2.75, 3.05) is 5.32 Å². The molecule has 0 spiro atoms. The molecule has 1 heterocycles. The van der Waals surface area contributed by atoms with Gasteiger partial charge < -0.3 is 10.4 Å². The van der Waals surface area contributed by atoms with Crippen LogP contribution in [0.4, 0.5) is 24.8 Å². The monoisotopic (exact) mass is 508 g/mol. The summed E-state index contributed by atoms with van der Waals surface area (Å²) in [5.41, 5.74) is 1.90. The highest BCUT2D eigenvalue weighted by molar-refractivity contribution is 7.89. The maximum absolute atomic E-state index is 11.3. The summed E-state index contributed by atoms with van der Waals surface area (Å²) < 4.78 is 54.3. The first-order valence-corrected chi connectivity index (χ1v) is 10.6. The largest absolute Gasteiger partial charge is 0.490 e. The molecule has 3 rings (SSSR count). The maximum Gasteiger partial charge on any atom is 0.490 e. The van der Waals surface area contributed by atoms with Crippen LogP contribution in [0.5, 0.6) is 0 Å². The van der Waals surface area contributed by atoms with Crippen LogP contribution in [0.25, 0.3) is 11.3 Å². The van der Waals surface area contributed by atoms with E-state index in [1.54, 1.807) is 42.6 Å². The van der Waals surface area contributed by atoms with Gasteiger partial charge in [-0.15, -0.1) is 0 Å². The summed E-state index contributed by atoms with van der Waals surface area (Å²) >= 11 is 12.2. The lowest BCUT2D eigenvalue weighted by Crippen LogP contribution is -2.21. The summed E-state index contributed by atoms with van der Waals surface area (Å²) in [6.07, 6.45) is -3.50. The van der Waals surface area contributed by atoms with Gasteiger partial charge in [-0.25, -0.2) is 28.3 Å². The number of alkyl halides is 3. The molecule has 0 bridgehead atoms. The van der Waals surface area contributed by atoms with Gasteiger partial charge in [0.15, 0.2) is 0 Å². The lowest BCUT2D eigenvalue weighted by atomic mass is 10.1. The smallest absolute Gasteiger partial charge is 0.475 e. The van der Waals surface area contributed by atoms with E-state index in [1.165, 1.54) is 12.1 Å². The number of carboxylic acid groups (broad SMARTS) is 1. The number of aromatic nitrogens is 2. The third-order valence-corrected chi connectivity index (χ3v) is 5.04. The minimum atomic E-state index is -5.08. The van der Waals surface area contributed by atoms with Crippen LogP contribution in [0.3, 0.4) is 0 Å². The second kappa shape index (κ2) is 10.1. The molecule has 0 fully saturated rings. The maximum atomic E-state index is 11.3. The molecular weight excluding hydrogens is 496 g/mol. The number of rotatable bonds is 4. The van der Waals surface area contributed by atoms with Gasteiger partial charge in [0.2, 0.25) is 16.0 Å². The molecular formula is C18H13Cl2F3N4O4S. The predicted octanol–water partition coefficient (Wildman–Crippen LogP) is 4.47. The number of sulfonamides is 1. The summed E-state index contributed by atoms with van der Waals surface area (Å²) in [4.78, 5) is 17.5. The SMILES string of the molecule is NS(=O)(=O)c1ccc(Nc2nccc(-c3cc(Cl)ccc3Cl)n2)cc1.O=C(O)C(F)(F)F. The number of primary sulfonamides is 1. The number of hydrogen-bond donors (Lipinski definition) is 3. The summed E-state index contributed by atoms with van der Waals surface area (Å²) in [5.74, 6) is -2.43. The van der Waals surface area contributed by atoms with Crippen molar-refractivity contribution < 1.29 is 31.5 Å². The minimum Gasteiger partial charge on any atom is -0.475 e. The fourth-order valence-corrected chi connectivity index (χ4v) is 3.02. The van der Waals surface area contributed by atoms with Crippen molar-refractivity contribution in [2.24, 2.45) is 5.14 Å². The van der Waals surface area contributed by atoms with Crippen molar-refractivity contribution in [1.82, 2.24) is 9.97 Å². The van der Waals surface area contributed by atoms with Gasteiger partial charge in [-0.05, 0) is 48.5 Å². The van der Waals surface area contributed by atoms with Gasteiger partial charge in [0.1, 0.15) is 0 Å². The summed E-state index contributed by atoms with van der Waals surface area (Å²) in [6, 6.07) is 12.8. The summed E-state index contributed by atoms with van der Waals surface area (Å²) in [6.45, 7) is 0. The Kier molecular flexibility index (Phi) is 8.02. The molecule has 4 N–H and O–H groups in total. The number of aliphatic carboxylic acids is 1. The van der Waals surface area contributed by atoms with Crippen molar-refractivity contribution in [1.29, 1.82) is 0 Å². The molecule has 1 aromatic heterocycles. The van der Waals surface area contributed by atoms with E-state index in [4.69, 9.17) is 38.2 Å². The molecule has 0 aliphatic carbocycles. The van der Waals surface area contributed by atoms with Crippen LogP contribution in [-0.2, 0) is 14.8 Å². The summed E-state index contributed by atoms with van der Waals surface area (Å²) in [7, 11) is -3.73. The number of carboxylic acids is 1. The highest BCUT2D eigenvalue weighted by Gasteiger charge is 2.38. The molecule has 0 saturated carbocycles. The molecule has 3 aromatic rings. The van der Waals surface area contributed by atoms with Crippen molar-refractivity contribution in [3.63, 3.8) is 0 Å². The predicted molar refractivity (Wildman–Crippen MR) is 112 cm³/mol. The van der Waals surface area contributed by atoms with E-state index in [1.807, 2.05) is 0 Å². The quantitative estimate of drug-likeness (QED) is 0.472. The Balaban J connectivity index is 0.000000451. The molecule has 0 atom stereocenters. The molecule has 170 valence electrons. The fourth-order valence-electron chi connectivity index (χ4n) is 2.12. The lowest BCUT2D eigenvalue weighted by molar-refractivity contribution is -0.192. The molecule has 14 heteroatoms. The van der Waals surface area contributed by atoms with Crippen molar-refractivity contribution in [3.05, 3.63) is 64.8 Å². The molecule has 0 aliphatic rings. The zero-order valence-corrected chi connectivity index (χ0v) is 18.0. The highest BCUT2D eigenvalue weighted by atomic mass is 35.5. The van der Waals surface area contributed by atoms with Gasteiger partial charge in [-0.2, -0.15) is 13.2 Å². The van der Waals surface area contributed by atoms with E-state index >= 15 is 0 Å². The lowest BCUT2D eigenvalue weighted by Gasteiger charge is -2.08. The van der Waals surface area contributed by atoms with Crippen LogP contribution in [0, 0.1) is 0 Å².